The Morgan fingerprint density at radius 2 is 2.38 bits per heavy atom. The highest BCUT2D eigenvalue weighted by molar-refractivity contribution is 7.77. The summed E-state index contributed by atoms with van der Waals surface area (Å²) < 4.78 is 20.6. The molecule has 1 aliphatic heterocycles. The van der Waals surface area contributed by atoms with Crippen molar-refractivity contribution in [3.05, 3.63) is 0 Å². The van der Waals surface area contributed by atoms with E-state index >= 15 is 0 Å². The molecule has 1 fully saturated rings. The fourth-order valence-electron chi connectivity index (χ4n) is 0.452. The zero-order valence-corrected chi connectivity index (χ0v) is 4.81. The van der Waals surface area contributed by atoms with E-state index in [2.05, 4.69) is 0 Å². The lowest BCUT2D eigenvalue weighted by atomic mass is 10.3. The fourth-order valence-corrected chi connectivity index (χ4v) is 0.950. The van der Waals surface area contributed by atoms with E-state index in [1.165, 1.54) is 0 Å². The zero-order chi connectivity index (χ0) is 6.15. The largest absolute Gasteiger partial charge is 0.755 e. The molecule has 4 nitrogen and oxygen atoms in total. The van der Waals surface area contributed by atoms with Gasteiger partial charge in [-0.15, -0.1) is 0 Å². The number of hydrogen-bond acceptors (Lipinski definition) is 3. The number of carbonyl (C=O) groups excluding carboxylic acids is 1. The maximum atomic E-state index is 10.2. The normalized spacial score (nSPS) is 22.6. The first-order chi connectivity index (χ1) is 3.72. The number of amides is 1. The summed E-state index contributed by atoms with van der Waals surface area (Å²) in [5.41, 5.74) is 0. The average molecular weight is 134 g/mol. The lowest BCUT2D eigenvalue weighted by molar-refractivity contribution is -0.133. The van der Waals surface area contributed by atoms with Gasteiger partial charge in [-0.05, 0) is 0 Å². The highest BCUT2D eigenvalue weighted by Crippen LogP contribution is 2.08. The molecule has 0 aromatic heterocycles. The molecule has 1 heterocycles. The van der Waals surface area contributed by atoms with Crippen LogP contribution in [0.25, 0.3) is 0 Å². The summed E-state index contributed by atoms with van der Waals surface area (Å²) in [6.07, 6.45) is 0.369. The minimum Gasteiger partial charge on any atom is -0.755 e. The molecule has 1 amide bonds. The van der Waals surface area contributed by atoms with Crippen molar-refractivity contribution in [3.8, 4) is 0 Å². The highest BCUT2D eigenvalue weighted by Gasteiger charge is 2.23. The van der Waals surface area contributed by atoms with Gasteiger partial charge in [-0.2, -0.15) is 0 Å². The van der Waals surface area contributed by atoms with Gasteiger partial charge in [0.05, 0.1) is 0 Å². The first-order valence-corrected chi connectivity index (χ1v) is 3.15. The van der Waals surface area contributed by atoms with E-state index in [4.69, 9.17) is 0 Å². The molecule has 1 aliphatic rings. The van der Waals surface area contributed by atoms with E-state index in [1.54, 1.807) is 0 Å². The number of hydrogen-bond donors (Lipinski definition) is 0. The molecule has 0 aromatic carbocycles. The second kappa shape index (κ2) is 1.83. The maximum absolute atomic E-state index is 10.2. The van der Waals surface area contributed by atoms with E-state index in [0.29, 0.717) is 13.0 Å². The first kappa shape index (κ1) is 5.71. The summed E-state index contributed by atoms with van der Waals surface area (Å²) in [5, 5.41) is 0. The van der Waals surface area contributed by atoms with Crippen LogP contribution in [0, 0.1) is 0 Å². The molecule has 1 unspecified atom stereocenters. The average Bonchev–Trinajstić information content (AvgIpc) is 1.61. The van der Waals surface area contributed by atoms with Crippen LogP contribution in [0.15, 0.2) is 0 Å². The van der Waals surface area contributed by atoms with Gasteiger partial charge in [0.1, 0.15) is 0 Å². The maximum Gasteiger partial charge on any atom is 0.235 e. The summed E-state index contributed by atoms with van der Waals surface area (Å²) in [6, 6.07) is 0. The second-order valence-electron chi connectivity index (χ2n) is 1.46. The predicted octanol–water partition coefficient (Wildman–Crippen LogP) is -0.987. The Labute approximate surface area is 48.9 Å². The molecule has 1 saturated heterocycles. The van der Waals surface area contributed by atoms with E-state index in [-0.39, 0.29) is 5.91 Å². The molecule has 1 rings (SSSR count). The SMILES string of the molecule is O=C1CCN1S(=O)[O-]. The lowest BCUT2D eigenvalue weighted by Crippen LogP contribution is -2.44. The summed E-state index contributed by atoms with van der Waals surface area (Å²) >= 11 is -2.32. The van der Waals surface area contributed by atoms with Crippen LogP contribution in [-0.4, -0.2) is 25.5 Å². The number of β-lactam (4-membered cyclic amide) rings is 1. The van der Waals surface area contributed by atoms with Crippen LogP contribution in [0.4, 0.5) is 0 Å². The first-order valence-electron chi connectivity index (χ1n) is 2.11. The summed E-state index contributed by atoms with van der Waals surface area (Å²) in [6.45, 7) is 0.356. The third kappa shape index (κ3) is 0.740. The third-order valence-electron chi connectivity index (χ3n) is 0.987. The molecule has 0 aromatic rings. The van der Waals surface area contributed by atoms with Crippen LogP contribution in [0.5, 0.6) is 0 Å². The molecule has 0 radical (unpaired) electrons. The van der Waals surface area contributed by atoms with Crippen LogP contribution in [-0.2, 0) is 16.1 Å². The molecule has 0 N–H and O–H groups in total. The Hall–Kier alpha value is -0.420. The summed E-state index contributed by atoms with van der Waals surface area (Å²) in [7, 11) is 0. The standard InChI is InChI=1S/C3H5NO3S/c5-3-1-2-4(3)8(6)7/h1-2H2,(H,6,7)/p-1. The van der Waals surface area contributed by atoms with Crippen molar-refractivity contribution in [2.24, 2.45) is 0 Å². The van der Waals surface area contributed by atoms with Gasteiger partial charge < -0.3 is 4.55 Å². The highest BCUT2D eigenvalue weighted by atomic mass is 32.2. The van der Waals surface area contributed by atoms with Gasteiger partial charge in [-0.1, -0.05) is 0 Å². The molecule has 8 heavy (non-hydrogen) atoms. The van der Waals surface area contributed by atoms with E-state index in [1.807, 2.05) is 0 Å². The number of nitrogens with zero attached hydrogens (tertiary/aromatic N) is 1. The summed E-state index contributed by atoms with van der Waals surface area (Å²) in [5.74, 6) is -0.307. The van der Waals surface area contributed by atoms with Gasteiger partial charge in [0, 0.05) is 24.2 Å². The molecule has 0 aliphatic carbocycles. The van der Waals surface area contributed by atoms with Crippen molar-refractivity contribution in [1.29, 1.82) is 0 Å². The monoisotopic (exact) mass is 134 g/mol. The molecular formula is C3H4NO3S-. The molecule has 46 valence electrons. The minimum atomic E-state index is -2.32. The van der Waals surface area contributed by atoms with Crippen LogP contribution in [0.1, 0.15) is 6.42 Å². The molecule has 5 heteroatoms. The van der Waals surface area contributed by atoms with Crippen molar-refractivity contribution < 1.29 is 13.6 Å². The van der Waals surface area contributed by atoms with Crippen LogP contribution in [0.2, 0.25) is 0 Å². The van der Waals surface area contributed by atoms with Crippen LogP contribution >= 0.6 is 0 Å². The Morgan fingerprint density at radius 3 is 2.38 bits per heavy atom. The van der Waals surface area contributed by atoms with Crippen molar-refractivity contribution in [2.45, 2.75) is 6.42 Å². The quantitative estimate of drug-likeness (QED) is 0.342. The molecule has 0 saturated carbocycles. The van der Waals surface area contributed by atoms with Crippen molar-refractivity contribution in [3.63, 3.8) is 0 Å². The Bertz CT molecular complexity index is 137. The minimum absolute atomic E-state index is 0.307. The summed E-state index contributed by atoms with van der Waals surface area (Å²) in [4.78, 5) is 10.2. The molecule has 0 bridgehead atoms. The molecular weight excluding hydrogens is 130 g/mol. The van der Waals surface area contributed by atoms with Crippen LogP contribution < -0.4 is 0 Å². The van der Waals surface area contributed by atoms with Crippen molar-refractivity contribution in [1.82, 2.24) is 4.31 Å². The number of rotatable bonds is 1. The van der Waals surface area contributed by atoms with Gasteiger partial charge in [-0.25, -0.2) is 0 Å². The Balaban J connectivity index is 2.49. The molecule has 0 spiro atoms. The van der Waals surface area contributed by atoms with E-state index in [0.717, 1.165) is 4.31 Å². The Kier molecular flexibility index (Phi) is 1.31. The van der Waals surface area contributed by atoms with Gasteiger partial charge in [-0.3, -0.25) is 13.3 Å². The van der Waals surface area contributed by atoms with Crippen molar-refractivity contribution in [2.75, 3.05) is 6.54 Å². The number of carbonyl (C=O) groups is 1. The lowest BCUT2D eigenvalue weighted by Gasteiger charge is -2.31. The predicted molar refractivity (Wildman–Crippen MR) is 25.2 cm³/mol. The third-order valence-corrected chi connectivity index (χ3v) is 1.73. The molecule has 1 atom stereocenters. The fraction of sp³-hybridized carbons (Fsp3) is 0.667. The van der Waals surface area contributed by atoms with Gasteiger partial charge in [0.15, 0.2) is 0 Å². The van der Waals surface area contributed by atoms with Crippen LogP contribution in [0.3, 0.4) is 0 Å². The Morgan fingerprint density at radius 1 is 1.75 bits per heavy atom. The van der Waals surface area contributed by atoms with Gasteiger partial charge >= 0.3 is 0 Å². The van der Waals surface area contributed by atoms with Gasteiger partial charge in [0.2, 0.25) is 5.91 Å². The van der Waals surface area contributed by atoms with E-state index in [9.17, 15) is 13.6 Å². The smallest absolute Gasteiger partial charge is 0.235 e. The van der Waals surface area contributed by atoms with Crippen molar-refractivity contribution >= 4 is 17.2 Å². The topological polar surface area (TPSA) is 60.4 Å². The van der Waals surface area contributed by atoms with E-state index < -0.39 is 11.3 Å². The van der Waals surface area contributed by atoms with Gasteiger partial charge in [0.25, 0.3) is 0 Å². The zero-order valence-electron chi connectivity index (χ0n) is 3.99. The second-order valence-corrected chi connectivity index (χ2v) is 2.34.